The first-order valence-electron chi connectivity index (χ1n) is 5.66. The maximum Gasteiger partial charge on any atom is 0.242 e. The number of rotatable bonds is 4. The van der Waals surface area contributed by atoms with Crippen LogP contribution in [0.1, 0.15) is 6.42 Å². The molecule has 0 unspecified atom stereocenters. The quantitative estimate of drug-likeness (QED) is 0.845. The van der Waals surface area contributed by atoms with E-state index in [1.54, 1.807) is 13.2 Å². The van der Waals surface area contributed by atoms with Gasteiger partial charge in [0.15, 0.2) is 0 Å². The van der Waals surface area contributed by atoms with E-state index in [2.05, 4.69) is 9.71 Å². The fourth-order valence-electron chi connectivity index (χ4n) is 1.85. The lowest BCUT2D eigenvalue weighted by Gasteiger charge is -2.30. The molecule has 2 rings (SSSR count). The SMILES string of the molecule is CO[C@H]1COCC[C@@H]1NS(=O)(=O)c1cccnc1. The lowest BCUT2D eigenvalue weighted by atomic mass is 10.1. The molecule has 1 fully saturated rings. The van der Waals surface area contributed by atoms with Crippen molar-refractivity contribution in [1.29, 1.82) is 0 Å². The highest BCUT2D eigenvalue weighted by atomic mass is 32.2. The highest BCUT2D eigenvalue weighted by Gasteiger charge is 2.30. The first-order valence-corrected chi connectivity index (χ1v) is 7.14. The Morgan fingerprint density at radius 1 is 1.56 bits per heavy atom. The van der Waals surface area contributed by atoms with E-state index in [0.717, 1.165) is 0 Å². The molecule has 6 nitrogen and oxygen atoms in total. The summed E-state index contributed by atoms with van der Waals surface area (Å²) in [4.78, 5) is 3.97. The van der Waals surface area contributed by atoms with Gasteiger partial charge in [0, 0.05) is 26.1 Å². The standard InChI is InChI=1S/C11H16N2O4S/c1-16-11-8-17-6-4-10(11)13-18(14,15)9-3-2-5-12-7-9/h2-3,5,7,10-11,13H,4,6,8H2,1H3/t10-,11-/m0/s1. The predicted octanol–water partition coefficient (Wildman–Crippen LogP) is 0.164. The molecule has 1 aromatic rings. The molecule has 1 N–H and O–H groups in total. The summed E-state index contributed by atoms with van der Waals surface area (Å²) in [6, 6.07) is 2.83. The van der Waals surface area contributed by atoms with Crippen LogP contribution in [0.15, 0.2) is 29.4 Å². The van der Waals surface area contributed by atoms with E-state index >= 15 is 0 Å². The van der Waals surface area contributed by atoms with E-state index < -0.39 is 10.0 Å². The largest absolute Gasteiger partial charge is 0.379 e. The van der Waals surface area contributed by atoms with Crippen LogP contribution in [-0.2, 0) is 19.5 Å². The lowest BCUT2D eigenvalue weighted by molar-refractivity contribution is -0.0448. The highest BCUT2D eigenvalue weighted by Crippen LogP contribution is 2.14. The molecule has 0 spiro atoms. The van der Waals surface area contributed by atoms with Crippen molar-refractivity contribution < 1.29 is 17.9 Å². The van der Waals surface area contributed by atoms with Gasteiger partial charge in [-0.3, -0.25) is 4.98 Å². The van der Waals surface area contributed by atoms with Crippen molar-refractivity contribution >= 4 is 10.0 Å². The van der Waals surface area contributed by atoms with Gasteiger partial charge in [-0.25, -0.2) is 13.1 Å². The summed E-state index contributed by atoms with van der Waals surface area (Å²) in [6.45, 7) is 0.927. The molecule has 7 heteroatoms. The second kappa shape index (κ2) is 5.75. The Morgan fingerprint density at radius 2 is 2.39 bits per heavy atom. The van der Waals surface area contributed by atoms with Crippen molar-refractivity contribution in [2.75, 3.05) is 20.3 Å². The topological polar surface area (TPSA) is 77.5 Å². The van der Waals surface area contributed by atoms with Crippen molar-refractivity contribution in [2.45, 2.75) is 23.5 Å². The summed E-state index contributed by atoms with van der Waals surface area (Å²) in [5.74, 6) is 0. The van der Waals surface area contributed by atoms with Crippen LogP contribution in [0.25, 0.3) is 0 Å². The minimum absolute atomic E-state index is 0.159. The normalized spacial score (nSPS) is 24.9. The molecule has 18 heavy (non-hydrogen) atoms. The Hall–Kier alpha value is -1.02. The Bertz CT molecular complexity index is 477. The number of methoxy groups -OCH3 is 1. The van der Waals surface area contributed by atoms with Crippen LogP contribution in [0, 0.1) is 0 Å². The van der Waals surface area contributed by atoms with Crippen LogP contribution in [0.3, 0.4) is 0 Å². The fraction of sp³-hybridized carbons (Fsp3) is 0.545. The molecule has 2 atom stereocenters. The van der Waals surface area contributed by atoms with Gasteiger partial charge in [0.2, 0.25) is 10.0 Å². The Kier molecular flexibility index (Phi) is 4.28. The summed E-state index contributed by atoms with van der Waals surface area (Å²) < 4.78 is 37.3. The van der Waals surface area contributed by atoms with Crippen LogP contribution in [0.4, 0.5) is 0 Å². The van der Waals surface area contributed by atoms with E-state index in [9.17, 15) is 8.42 Å². The zero-order valence-corrected chi connectivity index (χ0v) is 10.9. The number of aromatic nitrogens is 1. The minimum Gasteiger partial charge on any atom is -0.379 e. The number of nitrogens with one attached hydrogen (secondary N) is 1. The molecule has 0 radical (unpaired) electrons. The Balaban J connectivity index is 2.12. The fourth-order valence-corrected chi connectivity index (χ4v) is 3.11. The summed E-state index contributed by atoms with van der Waals surface area (Å²) in [5, 5.41) is 0. The van der Waals surface area contributed by atoms with E-state index in [1.165, 1.54) is 18.5 Å². The van der Waals surface area contributed by atoms with Crippen LogP contribution < -0.4 is 4.72 Å². The smallest absolute Gasteiger partial charge is 0.242 e. The first kappa shape index (κ1) is 13.4. The highest BCUT2D eigenvalue weighted by molar-refractivity contribution is 7.89. The monoisotopic (exact) mass is 272 g/mol. The van der Waals surface area contributed by atoms with E-state index in [1.807, 2.05) is 0 Å². The van der Waals surface area contributed by atoms with E-state index in [-0.39, 0.29) is 17.0 Å². The maximum atomic E-state index is 12.1. The molecule has 0 aliphatic carbocycles. The van der Waals surface area contributed by atoms with Gasteiger partial charge < -0.3 is 9.47 Å². The molecule has 1 saturated heterocycles. The summed E-state index contributed by atoms with van der Waals surface area (Å²) >= 11 is 0. The van der Waals surface area contributed by atoms with Crippen LogP contribution in [-0.4, -0.2) is 45.9 Å². The third kappa shape index (κ3) is 3.05. The number of nitrogens with zero attached hydrogens (tertiary/aromatic N) is 1. The average molecular weight is 272 g/mol. The van der Waals surface area contributed by atoms with Gasteiger partial charge in [-0.15, -0.1) is 0 Å². The summed E-state index contributed by atoms with van der Waals surface area (Å²) in [7, 11) is -2.00. The molecule has 2 heterocycles. The molecule has 0 bridgehead atoms. The van der Waals surface area contributed by atoms with Gasteiger partial charge in [0.05, 0.1) is 18.8 Å². The number of sulfonamides is 1. The molecule has 0 amide bonds. The molecule has 1 aliphatic heterocycles. The lowest BCUT2D eigenvalue weighted by Crippen LogP contribution is -2.49. The zero-order chi connectivity index (χ0) is 13.0. The summed E-state index contributed by atoms with van der Waals surface area (Å²) in [5.41, 5.74) is 0. The van der Waals surface area contributed by atoms with Crippen molar-refractivity contribution in [2.24, 2.45) is 0 Å². The third-order valence-corrected chi connectivity index (χ3v) is 4.33. The maximum absolute atomic E-state index is 12.1. The summed E-state index contributed by atoms with van der Waals surface area (Å²) in [6.07, 6.45) is 3.19. The van der Waals surface area contributed by atoms with Crippen LogP contribution in [0.2, 0.25) is 0 Å². The van der Waals surface area contributed by atoms with Crippen molar-refractivity contribution in [1.82, 2.24) is 9.71 Å². The first-order chi connectivity index (χ1) is 8.63. The van der Waals surface area contributed by atoms with Gasteiger partial charge in [-0.05, 0) is 18.6 Å². The molecular weight excluding hydrogens is 256 g/mol. The van der Waals surface area contributed by atoms with Crippen molar-refractivity contribution in [3.63, 3.8) is 0 Å². The molecule has 0 aromatic carbocycles. The van der Waals surface area contributed by atoms with Gasteiger partial charge in [-0.1, -0.05) is 0 Å². The van der Waals surface area contributed by atoms with Gasteiger partial charge in [0.25, 0.3) is 0 Å². The van der Waals surface area contributed by atoms with Gasteiger partial charge in [-0.2, -0.15) is 0 Å². The van der Waals surface area contributed by atoms with Crippen LogP contribution >= 0.6 is 0 Å². The average Bonchev–Trinajstić information content (AvgIpc) is 2.40. The number of ether oxygens (including phenoxy) is 2. The second-order valence-electron chi connectivity index (χ2n) is 4.05. The molecule has 1 aromatic heterocycles. The van der Waals surface area contributed by atoms with Crippen molar-refractivity contribution in [3.8, 4) is 0 Å². The second-order valence-corrected chi connectivity index (χ2v) is 5.77. The molecular formula is C11H16N2O4S. The van der Waals surface area contributed by atoms with Gasteiger partial charge >= 0.3 is 0 Å². The zero-order valence-electron chi connectivity index (χ0n) is 10.1. The van der Waals surface area contributed by atoms with Gasteiger partial charge in [0.1, 0.15) is 4.90 Å². The predicted molar refractivity (Wildman–Crippen MR) is 64.6 cm³/mol. The Morgan fingerprint density at radius 3 is 3.06 bits per heavy atom. The third-order valence-electron chi connectivity index (χ3n) is 2.86. The number of pyridine rings is 1. The van der Waals surface area contributed by atoms with Crippen molar-refractivity contribution in [3.05, 3.63) is 24.5 Å². The minimum atomic E-state index is -3.55. The van der Waals surface area contributed by atoms with E-state index in [0.29, 0.717) is 19.6 Å². The Labute approximate surface area is 106 Å². The van der Waals surface area contributed by atoms with Crippen LogP contribution in [0.5, 0.6) is 0 Å². The molecule has 1 aliphatic rings. The number of hydrogen-bond acceptors (Lipinski definition) is 5. The number of hydrogen-bond donors (Lipinski definition) is 1. The van der Waals surface area contributed by atoms with E-state index in [4.69, 9.17) is 9.47 Å². The molecule has 100 valence electrons. The molecule has 0 saturated carbocycles.